The zero-order valence-electron chi connectivity index (χ0n) is 10.2. The van der Waals surface area contributed by atoms with E-state index in [-0.39, 0.29) is 15.3 Å². The number of nitrogens with one attached hydrogen (secondary N) is 1. The first-order chi connectivity index (χ1) is 9.29. The Morgan fingerprint density at radius 2 is 2.05 bits per heavy atom. The summed E-state index contributed by atoms with van der Waals surface area (Å²) in [5, 5.41) is 0.260. The van der Waals surface area contributed by atoms with Crippen LogP contribution < -0.4 is 4.72 Å². The maximum atomic E-state index is 13.7. The first-order valence-corrected chi connectivity index (χ1v) is 8.05. The highest BCUT2D eigenvalue weighted by Crippen LogP contribution is 2.26. The second-order valence-electron chi connectivity index (χ2n) is 4.03. The van der Waals surface area contributed by atoms with E-state index in [4.69, 9.17) is 11.6 Å². The fourth-order valence-electron chi connectivity index (χ4n) is 1.51. The van der Waals surface area contributed by atoms with Gasteiger partial charge in [-0.25, -0.2) is 17.8 Å². The molecule has 0 atom stereocenters. The third-order valence-corrected chi connectivity index (χ3v) is 4.65. The fraction of sp³-hybridized carbons (Fsp3) is 0.0833. The molecule has 0 fully saturated rings. The van der Waals surface area contributed by atoms with Crippen LogP contribution in [0.1, 0.15) is 5.56 Å². The summed E-state index contributed by atoms with van der Waals surface area (Å²) >= 11 is 8.85. The molecule has 106 valence electrons. The second-order valence-corrected chi connectivity index (χ2v) is 6.87. The molecular weight excluding hydrogens is 371 g/mol. The van der Waals surface area contributed by atoms with Crippen molar-refractivity contribution < 1.29 is 12.8 Å². The van der Waals surface area contributed by atoms with Gasteiger partial charge in [-0.05, 0) is 46.6 Å². The average Bonchev–Trinajstić information content (AvgIpc) is 2.36. The Kier molecular flexibility index (Phi) is 4.31. The molecule has 4 nitrogen and oxygen atoms in total. The van der Waals surface area contributed by atoms with Crippen molar-refractivity contribution >= 4 is 43.2 Å². The minimum atomic E-state index is -4.06. The van der Waals surface area contributed by atoms with E-state index in [9.17, 15) is 12.8 Å². The van der Waals surface area contributed by atoms with Crippen molar-refractivity contribution in [2.24, 2.45) is 0 Å². The minimum Gasteiger partial charge on any atom is -0.277 e. The zero-order chi connectivity index (χ0) is 14.9. The van der Waals surface area contributed by atoms with Gasteiger partial charge in [0.25, 0.3) is 10.0 Å². The zero-order valence-corrected chi connectivity index (χ0v) is 13.4. The fourth-order valence-corrected chi connectivity index (χ4v) is 3.34. The highest BCUT2D eigenvalue weighted by Gasteiger charge is 2.20. The van der Waals surface area contributed by atoms with Crippen LogP contribution in [0.4, 0.5) is 10.1 Å². The highest BCUT2D eigenvalue weighted by molar-refractivity contribution is 9.10. The molecule has 0 bridgehead atoms. The number of hydrogen-bond acceptors (Lipinski definition) is 3. The molecule has 1 aromatic carbocycles. The molecule has 20 heavy (non-hydrogen) atoms. The Balaban J connectivity index is 2.46. The normalized spacial score (nSPS) is 11.4. The number of nitrogens with zero attached hydrogens (tertiary/aromatic N) is 1. The molecule has 0 saturated heterocycles. The van der Waals surface area contributed by atoms with E-state index in [1.54, 1.807) is 6.92 Å². The standard InChI is InChI=1S/C12H9BrClFN2O2S/c1-7-2-3-9(15)11(4-7)20(18,19)17-10-5-8(14)6-16-12(10)13/h2-6,17H,1H3. The lowest BCUT2D eigenvalue weighted by Crippen LogP contribution is -2.15. The highest BCUT2D eigenvalue weighted by atomic mass is 79.9. The Morgan fingerprint density at radius 3 is 2.75 bits per heavy atom. The quantitative estimate of drug-likeness (QED) is 0.826. The minimum absolute atomic E-state index is 0.137. The number of anilines is 1. The first-order valence-electron chi connectivity index (χ1n) is 5.39. The third kappa shape index (κ3) is 3.28. The number of aromatic nitrogens is 1. The van der Waals surface area contributed by atoms with E-state index in [1.165, 1.54) is 24.4 Å². The maximum Gasteiger partial charge on any atom is 0.264 e. The van der Waals surface area contributed by atoms with Gasteiger partial charge in [-0.15, -0.1) is 0 Å². The number of rotatable bonds is 3. The van der Waals surface area contributed by atoms with Gasteiger partial charge in [0.15, 0.2) is 0 Å². The van der Waals surface area contributed by atoms with Gasteiger partial charge in [-0.1, -0.05) is 17.7 Å². The number of sulfonamides is 1. The van der Waals surface area contributed by atoms with Crippen LogP contribution in [0.15, 0.2) is 40.0 Å². The summed E-state index contributed by atoms with van der Waals surface area (Å²) in [4.78, 5) is 3.43. The third-order valence-electron chi connectivity index (χ3n) is 2.43. The molecule has 1 N–H and O–H groups in total. The van der Waals surface area contributed by atoms with Gasteiger partial charge in [0.2, 0.25) is 0 Å². The monoisotopic (exact) mass is 378 g/mol. The van der Waals surface area contributed by atoms with Crippen LogP contribution in [0.25, 0.3) is 0 Å². The molecule has 0 aliphatic heterocycles. The number of aryl methyl sites for hydroxylation is 1. The molecule has 0 amide bonds. The van der Waals surface area contributed by atoms with E-state index in [2.05, 4.69) is 25.6 Å². The van der Waals surface area contributed by atoms with Gasteiger partial charge in [-0.2, -0.15) is 0 Å². The molecule has 0 aliphatic carbocycles. The van der Waals surface area contributed by atoms with Crippen LogP contribution >= 0.6 is 27.5 Å². The Hall–Kier alpha value is -1.18. The van der Waals surface area contributed by atoms with E-state index in [1.807, 2.05) is 0 Å². The second kappa shape index (κ2) is 5.67. The molecule has 2 aromatic rings. The SMILES string of the molecule is Cc1ccc(F)c(S(=O)(=O)Nc2cc(Cl)cnc2Br)c1. The smallest absolute Gasteiger partial charge is 0.264 e. The number of pyridine rings is 1. The van der Waals surface area contributed by atoms with Crippen LogP contribution in [0.5, 0.6) is 0 Å². The van der Waals surface area contributed by atoms with Gasteiger partial charge in [0.1, 0.15) is 15.3 Å². The molecule has 8 heteroatoms. The van der Waals surface area contributed by atoms with Crippen molar-refractivity contribution in [3.8, 4) is 0 Å². The van der Waals surface area contributed by atoms with E-state index >= 15 is 0 Å². The molecule has 1 heterocycles. The van der Waals surface area contributed by atoms with Crippen molar-refractivity contribution in [3.05, 3.63) is 51.5 Å². The summed E-state index contributed by atoms with van der Waals surface area (Å²) in [5.41, 5.74) is 0.772. The summed E-state index contributed by atoms with van der Waals surface area (Å²) < 4.78 is 40.6. The lowest BCUT2D eigenvalue weighted by molar-refractivity contribution is 0.570. The largest absolute Gasteiger partial charge is 0.277 e. The molecule has 2 rings (SSSR count). The molecular formula is C12H9BrClFN2O2S. The topological polar surface area (TPSA) is 59.1 Å². The summed E-state index contributed by atoms with van der Waals surface area (Å²) in [5.74, 6) is -0.825. The maximum absolute atomic E-state index is 13.7. The number of benzene rings is 1. The van der Waals surface area contributed by atoms with Gasteiger partial charge >= 0.3 is 0 Å². The van der Waals surface area contributed by atoms with Gasteiger partial charge in [0.05, 0.1) is 10.7 Å². The lowest BCUT2D eigenvalue weighted by atomic mass is 10.2. The van der Waals surface area contributed by atoms with Crippen molar-refractivity contribution in [2.45, 2.75) is 11.8 Å². The molecule has 0 aliphatic rings. The van der Waals surface area contributed by atoms with Crippen molar-refractivity contribution in [1.82, 2.24) is 4.98 Å². The van der Waals surface area contributed by atoms with Crippen molar-refractivity contribution in [1.29, 1.82) is 0 Å². The summed E-state index contributed by atoms with van der Waals surface area (Å²) in [6.07, 6.45) is 1.36. The van der Waals surface area contributed by atoms with Crippen LogP contribution in [0, 0.1) is 12.7 Å². The lowest BCUT2D eigenvalue weighted by Gasteiger charge is -2.10. The molecule has 0 unspecified atom stereocenters. The Labute approximate surface area is 129 Å². The predicted molar refractivity (Wildman–Crippen MR) is 78.9 cm³/mol. The molecule has 0 radical (unpaired) electrons. The predicted octanol–water partition coefficient (Wildman–Crippen LogP) is 3.75. The summed E-state index contributed by atoms with van der Waals surface area (Å²) in [6.45, 7) is 1.68. The molecule has 0 saturated carbocycles. The Morgan fingerprint density at radius 1 is 1.35 bits per heavy atom. The van der Waals surface area contributed by atoms with Gasteiger partial charge < -0.3 is 0 Å². The van der Waals surface area contributed by atoms with Gasteiger partial charge in [-0.3, -0.25) is 4.72 Å². The van der Waals surface area contributed by atoms with E-state index in [0.717, 1.165) is 6.07 Å². The summed E-state index contributed by atoms with van der Waals surface area (Å²) in [7, 11) is -4.06. The summed E-state index contributed by atoms with van der Waals surface area (Å²) in [6, 6.07) is 5.23. The van der Waals surface area contributed by atoms with Crippen molar-refractivity contribution in [2.75, 3.05) is 4.72 Å². The number of hydrogen-bond donors (Lipinski definition) is 1. The van der Waals surface area contributed by atoms with Crippen LogP contribution in [0.3, 0.4) is 0 Å². The van der Waals surface area contributed by atoms with Crippen LogP contribution in [-0.2, 0) is 10.0 Å². The first kappa shape index (κ1) is 15.2. The van der Waals surface area contributed by atoms with E-state index in [0.29, 0.717) is 5.56 Å². The molecule has 0 spiro atoms. The number of halogens is 3. The van der Waals surface area contributed by atoms with E-state index < -0.39 is 20.7 Å². The molecule has 1 aromatic heterocycles. The van der Waals surface area contributed by atoms with Gasteiger partial charge in [0, 0.05) is 6.20 Å². The van der Waals surface area contributed by atoms with Crippen LogP contribution in [-0.4, -0.2) is 13.4 Å². The Bertz CT molecular complexity index is 768. The van der Waals surface area contributed by atoms with Crippen LogP contribution in [0.2, 0.25) is 5.02 Å². The van der Waals surface area contributed by atoms with Crippen molar-refractivity contribution in [3.63, 3.8) is 0 Å². The average molecular weight is 380 g/mol.